The maximum Gasteiger partial charge on any atom is 0.224 e. The minimum Gasteiger partial charge on any atom is -0.335 e. The van der Waals surface area contributed by atoms with Gasteiger partial charge in [0.25, 0.3) is 0 Å². The number of hydrogen-bond acceptors (Lipinski definition) is 1. The molecule has 0 spiro atoms. The number of hydrogen-bond donors (Lipinski definition) is 0. The van der Waals surface area contributed by atoms with Crippen molar-refractivity contribution in [1.29, 1.82) is 0 Å². The Morgan fingerprint density at radius 3 is 2.65 bits per heavy atom. The molecule has 0 radical (unpaired) electrons. The van der Waals surface area contributed by atoms with Crippen molar-refractivity contribution in [2.24, 2.45) is 5.92 Å². The smallest absolute Gasteiger partial charge is 0.224 e. The molecule has 0 bridgehead atoms. The molecule has 2 rings (SSSR count). The molecule has 3 heteroatoms. The van der Waals surface area contributed by atoms with Crippen LogP contribution in [0, 0.1) is 18.3 Å². The molecule has 1 heterocycles. The first-order chi connectivity index (χ1) is 8.11. The molecule has 1 aliphatic heterocycles. The van der Waals surface area contributed by atoms with Crippen LogP contribution in [0.4, 0.5) is 0 Å². The molecular formula is C14H14BrNO. The number of carbonyl (C=O) groups excluding carboxylic acids is 1. The molecule has 0 N–H and O–H groups in total. The standard InChI is InChI=1S/C14H14BrNO/c1-3-11-8-14(17)16(9-11)10(2)12-4-6-13(15)7-5-12/h1,4-7,10-11H,8-9H2,2H3. The summed E-state index contributed by atoms with van der Waals surface area (Å²) in [6, 6.07) is 8.14. The summed E-state index contributed by atoms with van der Waals surface area (Å²) in [5, 5.41) is 0. The van der Waals surface area contributed by atoms with E-state index in [0.29, 0.717) is 13.0 Å². The molecule has 17 heavy (non-hydrogen) atoms. The van der Waals surface area contributed by atoms with Gasteiger partial charge in [0.1, 0.15) is 0 Å². The summed E-state index contributed by atoms with van der Waals surface area (Å²) in [6.07, 6.45) is 5.87. The fourth-order valence-electron chi connectivity index (χ4n) is 2.14. The van der Waals surface area contributed by atoms with Gasteiger partial charge in [-0.15, -0.1) is 12.3 Å². The lowest BCUT2D eigenvalue weighted by atomic mass is 10.1. The highest BCUT2D eigenvalue weighted by Crippen LogP contribution is 2.28. The van der Waals surface area contributed by atoms with E-state index in [1.807, 2.05) is 36.1 Å². The second-order valence-electron chi connectivity index (χ2n) is 4.34. The third-order valence-corrected chi connectivity index (χ3v) is 3.74. The van der Waals surface area contributed by atoms with Gasteiger partial charge in [-0.25, -0.2) is 0 Å². The van der Waals surface area contributed by atoms with Gasteiger partial charge in [-0.2, -0.15) is 0 Å². The lowest BCUT2D eigenvalue weighted by Gasteiger charge is -2.24. The Balaban J connectivity index is 2.16. The molecule has 0 saturated carbocycles. The molecule has 88 valence electrons. The Hall–Kier alpha value is -1.27. The quantitative estimate of drug-likeness (QED) is 0.767. The van der Waals surface area contributed by atoms with E-state index in [4.69, 9.17) is 6.42 Å². The Bertz CT molecular complexity index is 460. The van der Waals surface area contributed by atoms with Crippen LogP contribution in [0.1, 0.15) is 24.9 Å². The van der Waals surface area contributed by atoms with Gasteiger partial charge < -0.3 is 4.90 Å². The van der Waals surface area contributed by atoms with Gasteiger partial charge in [-0.05, 0) is 24.6 Å². The van der Waals surface area contributed by atoms with Crippen molar-refractivity contribution in [3.8, 4) is 12.3 Å². The Labute approximate surface area is 110 Å². The zero-order chi connectivity index (χ0) is 12.4. The SMILES string of the molecule is C#CC1CC(=O)N(C(C)c2ccc(Br)cc2)C1. The van der Waals surface area contributed by atoms with Crippen LogP contribution in [-0.4, -0.2) is 17.4 Å². The van der Waals surface area contributed by atoms with Gasteiger partial charge >= 0.3 is 0 Å². The topological polar surface area (TPSA) is 20.3 Å². The van der Waals surface area contributed by atoms with Crippen molar-refractivity contribution in [1.82, 2.24) is 4.90 Å². The minimum atomic E-state index is 0.0698. The molecular weight excluding hydrogens is 278 g/mol. The number of terminal acetylenes is 1. The second-order valence-corrected chi connectivity index (χ2v) is 5.26. The number of carbonyl (C=O) groups is 1. The zero-order valence-electron chi connectivity index (χ0n) is 9.69. The van der Waals surface area contributed by atoms with Crippen molar-refractivity contribution >= 4 is 21.8 Å². The second kappa shape index (κ2) is 4.93. The highest BCUT2D eigenvalue weighted by atomic mass is 79.9. The van der Waals surface area contributed by atoms with Crippen LogP contribution in [0.5, 0.6) is 0 Å². The van der Waals surface area contributed by atoms with Crippen LogP contribution in [0.15, 0.2) is 28.7 Å². The highest BCUT2D eigenvalue weighted by molar-refractivity contribution is 9.10. The number of amides is 1. The average Bonchev–Trinajstić information content (AvgIpc) is 2.71. The lowest BCUT2D eigenvalue weighted by Crippen LogP contribution is -2.28. The molecule has 0 aliphatic carbocycles. The Morgan fingerprint density at radius 1 is 1.47 bits per heavy atom. The van der Waals surface area contributed by atoms with Gasteiger partial charge in [0, 0.05) is 23.4 Å². The first-order valence-corrected chi connectivity index (χ1v) is 6.42. The van der Waals surface area contributed by atoms with E-state index < -0.39 is 0 Å². The first-order valence-electron chi connectivity index (χ1n) is 5.63. The number of likely N-dealkylation sites (tertiary alicyclic amines) is 1. The molecule has 0 aromatic heterocycles. The lowest BCUT2D eigenvalue weighted by molar-refractivity contribution is -0.129. The largest absolute Gasteiger partial charge is 0.335 e. The number of nitrogens with zero attached hydrogens (tertiary/aromatic N) is 1. The monoisotopic (exact) mass is 291 g/mol. The third-order valence-electron chi connectivity index (χ3n) is 3.21. The molecule has 1 aromatic carbocycles. The van der Waals surface area contributed by atoms with Crippen LogP contribution in [0.3, 0.4) is 0 Å². The summed E-state index contributed by atoms with van der Waals surface area (Å²) in [5.41, 5.74) is 1.14. The van der Waals surface area contributed by atoms with E-state index in [1.165, 1.54) is 0 Å². The summed E-state index contributed by atoms with van der Waals surface area (Å²) >= 11 is 3.40. The summed E-state index contributed by atoms with van der Waals surface area (Å²) in [7, 11) is 0. The van der Waals surface area contributed by atoms with Crippen molar-refractivity contribution < 1.29 is 4.79 Å². The van der Waals surface area contributed by atoms with Crippen molar-refractivity contribution in [3.63, 3.8) is 0 Å². The maximum atomic E-state index is 11.8. The van der Waals surface area contributed by atoms with Crippen molar-refractivity contribution in [3.05, 3.63) is 34.3 Å². The van der Waals surface area contributed by atoms with Crippen molar-refractivity contribution in [2.75, 3.05) is 6.54 Å². The molecule has 2 nitrogen and oxygen atoms in total. The molecule has 2 unspecified atom stereocenters. The molecule has 1 aromatic rings. The average molecular weight is 292 g/mol. The van der Waals surface area contributed by atoms with Gasteiger partial charge in [-0.3, -0.25) is 4.79 Å². The molecule has 1 amide bonds. The molecule has 1 fully saturated rings. The van der Waals surface area contributed by atoms with E-state index >= 15 is 0 Å². The van der Waals surface area contributed by atoms with Gasteiger partial charge in [0.05, 0.1) is 6.04 Å². The van der Waals surface area contributed by atoms with Crippen LogP contribution in [0.25, 0.3) is 0 Å². The molecule has 2 atom stereocenters. The maximum absolute atomic E-state index is 11.8. The summed E-state index contributed by atoms with van der Waals surface area (Å²) < 4.78 is 1.04. The molecule has 1 aliphatic rings. The first kappa shape index (κ1) is 12.2. The third kappa shape index (κ3) is 2.53. The van der Waals surface area contributed by atoms with E-state index in [2.05, 4.69) is 21.9 Å². The number of benzene rings is 1. The molecule has 1 saturated heterocycles. The van der Waals surface area contributed by atoms with Crippen LogP contribution in [0.2, 0.25) is 0 Å². The van der Waals surface area contributed by atoms with Gasteiger partial charge in [0.15, 0.2) is 0 Å². The summed E-state index contributed by atoms with van der Waals surface area (Å²) in [4.78, 5) is 13.7. The van der Waals surface area contributed by atoms with Gasteiger partial charge in [0.2, 0.25) is 5.91 Å². The van der Waals surface area contributed by atoms with Crippen molar-refractivity contribution in [2.45, 2.75) is 19.4 Å². The van der Waals surface area contributed by atoms with Crippen LogP contribution >= 0.6 is 15.9 Å². The predicted molar refractivity (Wildman–Crippen MR) is 71.2 cm³/mol. The fourth-order valence-corrected chi connectivity index (χ4v) is 2.40. The van der Waals surface area contributed by atoms with Crippen LogP contribution in [-0.2, 0) is 4.79 Å². The fraction of sp³-hybridized carbons (Fsp3) is 0.357. The minimum absolute atomic E-state index is 0.0698. The normalized spacial score (nSPS) is 21.4. The highest BCUT2D eigenvalue weighted by Gasteiger charge is 2.31. The Morgan fingerprint density at radius 2 is 2.12 bits per heavy atom. The Kier molecular flexibility index (Phi) is 3.54. The number of rotatable bonds is 2. The predicted octanol–water partition coefficient (Wildman–Crippen LogP) is 2.99. The van der Waals surface area contributed by atoms with E-state index in [-0.39, 0.29) is 17.9 Å². The van der Waals surface area contributed by atoms with E-state index in [1.54, 1.807) is 0 Å². The van der Waals surface area contributed by atoms with E-state index in [9.17, 15) is 4.79 Å². The summed E-state index contributed by atoms with van der Waals surface area (Å²) in [5.74, 6) is 2.90. The number of halogens is 1. The zero-order valence-corrected chi connectivity index (χ0v) is 11.3. The van der Waals surface area contributed by atoms with Gasteiger partial charge in [-0.1, -0.05) is 28.1 Å². The van der Waals surface area contributed by atoms with E-state index in [0.717, 1.165) is 10.0 Å². The summed E-state index contributed by atoms with van der Waals surface area (Å²) in [6.45, 7) is 2.71. The van der Waals surface area contributed by atoms with Crippen LogP contribution < -0.4 is 0 Å².